The second-order valence-electron chi connectivity index (χ2n) is 5.81. The van der Waals surface area contributed by atoms with Crippen LogP contribution in [0, 0.1) is 0 Å². The summed E-state index contributed by atoms with van der Waals surface area (Å²) in [6.07, 6.45) is 0.0162. The molecule has 0 rings (SSSR count). The van der Waals surface area contributed by atoms with Gasteiger partial charge < -0.3 is 19.6 Å². The van der Waals surface area contributed by atoms with Crippen molar-refractivity contribution in [3.8, 4) is 0 Å². The van der Waals surface area contributed by atoms with Crippen LogP contribution in [0.5, 0.6) is 0 Å². The minimum Gasteiger partial charge on any atom is -0.444 e. The van der Waals surface area contributed by atoms with E-state index in [1.54, 1.807) is 20.8 Å². The number of amides is 1. The van der Waals surface area contributed by atoms with Gasteiger partial charge in [0.05, 0.1) is 12.2 Å². The highest BCUT2D eigenvalue weighted by atomic mass is 16.6. The molecular weight excluding hydrogens is 222 g/mol. The Morgan fingerprint density at radius 2 is 1.71 bits per heavy atom. The molecule has 0 bridgehead atoms. The first kappa shape index (κ1) is 15.9. The number of hydrogen-bond acceptors (Lipinski definition) is 4. The quantitative estimate of drug-likeness (QED) is 0.768. The fourth-order valence-electron chi connectivity index (χ4n) is 0.914. The Balaban J connectivity index is 4.14. The van der Waals surface area contributed by atoms with Crippen molar-refractivity contribution in [1.82, 2.24) is 5.32 Å². The minimum atomic E-state index is -0.691. The van der Waals surface area contributed by atoms with Crippen LogP contribution in [-0.2, 0) is 14.3 Å². The third-order valence-electron chi connectivity index (χ3n) is 1.56. The molecule has 17 heavy (non-hydrogen) atoms. The fourth-order valence-corrected chi connectivity index (χ4v) is 0.914. The van der Waals surface area contributed by atoms with Crippen molar-refractivity contribution in [2.24, 2.45) is 0 Å². The maximum atomic E-state index is 11.4. The van der Waals surface area contributed by atoms with Crippen LogP contribution in [0.3, 0.4) is 0 Å². The molecule has 1 N–H and O–H groups in total. The van der Waals surface area contributed by atoms with E-state index in [1.807, 2.05) is 20.8 Å². The molecule has 0 saturated carbocycles. The Morgan fingerprint density at radius 3 is 2.06 bits per heavy atom. The standard InChI is InChI=1S/C12H23NO4/c1-11(2,3)16-8-9(7-14)13-10(15)17-12(4,5)6/h7,9H,8H2,1-6H3,(H,13,15)/t9-/m1/s1. The lowest BCUT2D eigenvalue weighted by atomic mass is 10.2. The Labute approximate surface area is 103 Å². The smallest absolute Gasteiger partial charge is 0.408 e. The molecule has 1 amide bonds. The lowest BCUT2D eigenvalue weighted by Crippen LogP contribution is -2.43. The molecule has 0 aliphatic heterocycles. The number of carbonyl (C=O) groups excluding carboxylic acids is 2. The van der Waals surface area contributed by atoms with Gasteiger partial charge in [0, 0.05) is 0 Å². The van der Waals surface area contributed by atoms with Crippen molar-refractivity contribution in [2.45, 2.75) is 58.8 Å². The summed E-state index contributed by atoms with van der Waals surface area (Å²) in [4.78, 5) is 22.2. The van der Waals surface area contributed by atoms with Crippen LogP contribution in [-0.4, -0.2) is 36.2 Å². The summed E-state index contributed by atoms with van der Waals surface area (Å²) in [5.41, 5.74) is -0.931. The average molecular weight is 245 g/mol. The summed E-state index contributed by atoms with van der Waals surface area (Å²) >= 11 is 0. The van der Waals surface area contributed by atoms with Crippen LogP contribution in [0.2, 0.25) is 0 Å². The molecule has 0 aromatic heterocycles. The lowest BCUT2D eigenvalue weighted by Gasteiger charge is -2.24. The second-order valence-corrected chi connectivity index (χ2v) is 5.81. The largest absolute Gasteiger partial charge is 0.444 e. The third kappa shape index (κ3) is 9.81. The monoisotopic (exact) mass is 245 g/mol. The van der Waals surface area contributed by atoms with E-state index in [1.165, 1.54) is 0 Å². The highest BCUT2D eigenvalue weighted by Gasteiger charge is 2.20. The fraction of sp³-hybridized carbons (Fsp3) is 0.833. The molecule has 1 atom stereocenters. The summed E-state index contributed by atoms with van der Waals surface area (Å²) < 4.78 is 10.4. The molecule has 0 fully saturated rings. The molecule has 0 aliphatic rings. The van der Waals surface area contributed by atoms with E-state index in [0.29, 0.717) is 6.29 Å². The van der Waals surface area contributed by atoms with E-state index in [4.69, 9.17) is 9.47 Å². The summed E-state index contributed by atoms with van der Waals surface area (Å²) in [6, 6.07) is -0.691. The molecule has 0 heterocycles. The molecule has 100 valence electrons. The SMILES string of the molecule is CC(C)(C)OC[C@@H](C=O)NC(=O)OC(C)(C)C. The van der Waals surface area contributed by atoms with Crippen LogP contribution in [0.4, 0.5) is 4.79 Å². The molecule has 0 spiro atoms. The number of hydrogen-bond donors (Lipinski definition) is 1. The van der Waals surface area contributed by atoms with Crippen molar-refractivity contribution >= 4 is 12.4 Å². The number of nitrogens with one attached hydrogen (secondary N) is 1. The zero-order valence-corrected chi connectivity index (χ0v) is 11.5. The van der Waals surface area contributed by atoms with Gasteiger partial charge in [-0.2, -0.15) is 0 Å². The predicted octanol–water partition coefficient (Wildman–Crippen LogP) is 1.89. The van der Waals surface area contributed by atoms with E-state index in [-0.39, 0.29) is 12.2 Å². The van der Waals surface area contributed by atoms with E-state index < -0.39 is 17.7 Å². The van der Waals surface area contributed by atoms with Gasteiger partial charge >= 0.3 is 6.09 Å². The minimum absolute atomic E-state index is 0.131. The zero-order valence-electron chi connectivity index (χ0n) is 11.5. The van der Waals surface area contributed by atoms with Gasteiger partial charge in [-0.3, -0.25) is 0 Å². The summed E-state index contributed by atoms with van der Waals surface area (Å²) in [5.74, 6) is 0. The molecule has 0 aromatic carbocycles. The van der Waals surface area contributed by atoms with E-state index in [9.17, 15) is 9.59 Å². The topological polar surface area (TPSA) is 64.6 Å². The highest BCUT2D eigenvalue weighted by Crippen LogP contribution is 2.08. The van der Waals surface area contributed by atoms with Crippen molar-refractivity contribution in [3.05, 3.63) is 0 Å². The first-order valence-corrected chi connectivity index (χ1v) is 5.62. The van der Waals surface area contributed by atoms with Crippen LogP contribution >= 0.6 is 0 Å². The molecule has 0 aliphatic carbocycles. The lowest BCUT2D eigenvalue weighted by molar-refractivity contribution is -0.112. The summed E-state index contributed by atoms with van der Waals surface area (Å²) in [7, 11) is 0. The molecular formula is C12H23NO4. The van der Waals surface area contributed by atoms with Crippen LogP contribution in [0.1, 0.15) is 41.5 Å². The first-order valence-electron chi connectivity index (χ1n) is 5.62. The van der Waals surface area contributed by atoms with Gasteiger partial charge in [0.1, 0.15) is 17.9 Å². The molecule has 5 nitrogen and oxygen atoms in total. The maximum absolute atomic E-state index is 11.4. The molecule has 0 unspecified atom stereocenters. The van der Waals surface area contributed by atoms with Crippen LogP contribution in [0.15, 0.2) is 0 Å². The maximum Gasteiger partial charge on any atom is 0.408 e. The first-order chi connectivity index (χ1) is 7.53. The Morgan fingerprint density at radius 1 is 1.18 bits per heavy atom. The van der Waals surface area contributed by atoms with Gasteiger partial charge in [-0.05, 0) is 41.5 Å². The van der Waals surface area contributed by atoms with Gasteiger partial charge in [0.25, 0.3) is 0 Å². The van der Waals surface area contributed by atoms with E-state index >= 15 is 0 Å². The Kier molecular flexibility index (Phi) is 5.61. The van der Waals surface area contributed by atoms with Crippen LogP contribution in [0.25, 0.3) is 0 Å². The van der Waals surface area contributed by atoms with Gasteiger partial charge in [0.15, 0.2) is 0 Å². The molecule has 5 heteroatoms. The number of ether oxygens (including phenoxy) is 2. The summed E-state index contributed by atoms with van der Waals surface area (Å²) in [5, 5.41) is 2.44. The zero-order chi connectivity index (χ0) is 13.7. The third-order valence-corrected chi connectivity index (χ3v) is 1.56. The van der Waals surface area contributed by atoms with Crippen molar-refractivity contribution in [3.63, 3.8) is 0 Å². The van der Waals surface area contributed by atoms with Crippen molar-refractivity contribution < 1.29 is 19.1 Å². The van der Waals surface area contributed by atoms with Crippen molar-refractivity contribution in [1.29, 1.82) is 0 Å². The Hall–Kier alpha value is -1.10. The van der Waals surface area contributed by atoms with Gasteiger partial charge in [0.2, 0.25) is 0 Å². The second kappa shape index (κ2) is 6.00. The number of carbonyl (C=O) groups is 2. The summed E-state index contributed by atoms with van der Waals surface area (Å²) in [6.45, 7) is 11.0. The van der Waals surface area contributed by atoms with Gasteiger partial charge in [-0.1, -0.05) is 0 Å². The van der Waals surface area contributed by atoms with Crippen molar-refractivity contribution in [2.75, 3.05) is 6.61 Å². The molecule has 0 radical (unpaired) electrons. The average Bonchev–Trinajstić information content (AvgIpc) is 2.07. The number of alkyl carbamates (subject to hydrolysis) is 1. The van der Waals surface area contributed by atoms with Gasteiger partial charge in [-0.15, -0.1) is 0 Å². The normalized spacial score (nSPS) is 14.0. The van der Waals surface area contributed by atoms with E-state index in [2.05, 4.69) is 5.32 Å². The molecule has 0 aromatic rings. The predicted molar refractivity (Wildman–Crippen MR) is 64.9 cm³/mol. The van der Waals surface area contributed by atoms with Crippen LogP contribution < -0.4 is 5.32 Å². The number of aldehydes is 1. The van der Waals surface area contributed by atoms with E-state index in [0.717, 1.165) is 0 Å². The molecule has 0 saturated heterocycles. The number of rotatable bonds is 4. The van der Waals surface area contributed by atoms with Gasteiger partial charge in [-0.25, -0.2) is 4.79 Å². The Bertz CT molecular complexity index is 263. The highest BCUT2D eigenvalue weighted by molar-refractivity contribution is 5.73.